The molecule has 0 fully saturated rings. The molecule has 0 aliphatic rings. The van der Waals surface area contributed by atoms with Gasteiger partial charge < -0.3 is 9.94 Å². The summed E-state index contributed by atoms with van der Waals surface area (Å²) in [6.07, 6.45) is 3.56. The Morgan fingerprint density at radius 1 is 1.50 bits per heavy atom. The van der Waals surface area contributed by atoms with Gasteiger partial charge in [-0.3, -0.25) is 0 Å². The van der Waals surface area contributed by atoms with E-state index in [1.807, 2.05) is 24.3 Å². The Morgan fingerprint density at radius 3 is 3.07 bits per heavy atom. The minimum atomic E-state index is 0.732. The second-order valence-electron chi connectivity index (χ2n) is 3.02. The largest absolute Gasteiger partial charge is 0.494 e. The van der Waals surface area contributed by atoms with Crippen LogP contribution in [0.3, 0.4) is 0 Å². The van der Waals surface area contributed by atoms with E-state index in [0.29, 0.717) is 0 Å². The SMILES string of the molecule is CCCCOc1cccc(C=NO)c1. The minimum Gasteiger partial charge on any atom is -0.494 e. The van der Waals surface area contributed by atoms with Crippen LogP contribution in [0.5, 0.6) is 5.75 Å². The Bertz CT molecular complexity index is 297. The average Bonchev–Trinajstić information content (AvgIpc) is 2.19. The first-order valence-electron chi connectivity index (χ1n) is 4.77. The lowest BCUT2D eigenvalue weighted by Crippen LogP contribution is -1.96. The van der Waals surface area contributed by atoms with Crippen molar-refractivity contribution in [3.8, 4) is 5.75 Å². The topological polar surface area (TPSA) is 41.8 Å². The van der Waals surface area contributed by atoms with E-state index in [1.54, 1.807) is 0 Å². The van der Waals surface area contributed by atoms with E-state index in [1.165, 1.54) is 6.21 Å². The molecule has 0 bridgehead atoms. The number of nitrogens with zero attached hydrogens (tertiary/aromatic N) is 1. The summed E-state index contributed by atoms with van der Waals surface area (Å²) in [6, 6.07) is 7.46. The second-order valence-corrected chi connectivity index (χ2v) is 3.02. The predicted molar refractivity (Wildman–Crippen MR) is 56.2 cm³/mol. The van der Waals surface area contributed by atoms with Gasteiger partial charge in [0.1, 0.15) is 5.75 Å². The van der Waals surface area contributed by atoms with E-state index in [9.17, 15) is 0 Å². The molecule has 0 aliphatic carbocycles. The fraction of sp³-hybridized carbons (Fsp3) is 0.364. The summed E-state index contributed by atoms with van der Waals surface area (Å²) in [5.74, 6) is 0.816. The smallest absolute Gasteiger partial charge is 0.119 e. The molecule has 1 aromatic carbocycles. The van der Waals surface area contributed by atoms with Crippen molar-refractivity contribution in [1.29, 1.82) is 0 Å². The highest BCUT2D eigenvalue weighted by atomic mass is 16.5. The highest BCUT2D eigenvalue weighted by Gasteiger charge is 1.94. The normalized spacial score (nSPS) is 10.6. The molecule has 0 aliphatic heterocycles. The van der Waals surface area contributed by atoms with E-state index < -0.39 is 0 Å². The number of ether oxygens (including phenoxy) is 1. The van der Waals surface area contributed by atoms with E-state index >= 15 is 0 Å². The van der Waals surface area contributed by atoms with Crippen molar-refractivity contribution in [3.05, 3.63) is 29.8 Å². The number of hydrogen-bond acceptors (Lipinski definition) is 3. The first-order valence-corrected chi connectivity index (χ1v) is 4.77. The van der Waals surface area contributed by atoms with E-state index in [2.05, 4.69) is 12.1 Å². The summed E-state index contributed by atoms with van der Waals surface area (Å²) in [4.78, 5) is 0. The van der Waals surface area contributed by atoms with Gasteiger partial charge in [-0.15, -0.1) is 0 Å². The molecule has 0 atom stereocenters. The molecule has 3 heteroatoms. The molecule has 0 heterocycles. The zero-order chi connectivity index (χ0) is 10.2. The Labute approximate surface area is 84.0 Å². The first kappa shape index (κ1) is 10.6. The molecule has 3 nitrogen and oxygen atoms in total. The molecule has 14 heavy (non-hydrogen) atoms. The molecule has 0 radical (unpaired) electrons. The van der Waals surface area contributed by atoms with Crippen molar-refractivity contribution in [2.75, 3.05) is 6.61 Å². The van der Waals surface area contributed by atoms with Crippen molar-refractivity contribution >= 4 is 6.21 Å². The third-order valence-corrected chi connectivity index (χ3v) is 1.83. The van der Waals surface area contributed by atoms with Gasteiger partial charge in [-0.1, -0.05) is 30.6 Å². The van der Waals surface area contributed by atoms with Gasteiger partial charge in [0.2, 0.25) is 0 Å². The molecular weight excluding hydrogens is 178 g/mol. The number of benzene rings is 1. The van der Waals surface area contributed by atoms with Gasteiger partial charge in [0.25, 0.3) is 0 Å². The molecule has 0 amide bonds. The lowest BCUT2D eigenvalue weighted by Gasteiger charge is -2.05. The molecule has 0 aromatic heterocycles. The van der Waals surface area contributed by atoms with E-state index in [-0.39, 0.29) is 0 Å². The van der Waals surface area contributed by atoms with Crippen LogP contribution in [0, 0.1) is 0 Å². The van der Waals surface area contributed by atoms with Crippen LogP contribution in [-0.4, -0.2) is 18.0 Å². The Kier molecular flexibility index (Phi) is 4.55. The van der Waals surface area contributed by atoms with Gasteiger partial charge >= 0.3 is 0 Å². The van der Waals surface area contributed by atoms with Crippen molar-refractivity contribution in [2.45, 2.75) is 19.8 Å². The van der Waals surface area contributed by atoms with Crippen LogP contribution in [-0.2, 0) is 0 Å². The molecule has 1 aromatic rings. The van der Waals surface area contributed by atoms with Crippen LogP contribution in [0.4, 0.5) is 0 Å². The summed E-state index contributed by atoms with van der Waals surface area (Å²) < 4.78 is 5.49. The molecule has 1 rings (SSSR count). The second kappa shape index (κ2) is 6.02. The highest BCUT2D eigenvalue weighted by molar-refractivity contribution is 5.79. The summed E-state index contributed by atoms with van der Waals surface area (Å²) in [5, 5.41) is 11.3. The fourth-order valence-corrected chi connectivity index (χ4v) is 1.09. The zero-order valence-electron chi connectivity index (χ0n) is 8.31. The van der Waals surface area contributed by atoms with Crippen molar-refractivity contribution in [2.24, 2.45) is 5.16 Å². The first-order chi connectivity index (χ1) is 6.86. The monoisotopic (exact) mass is 193 g/mol. The standard InChI is InChI=1S/C11H15NO2/c1-2-3-7-14-11-6-4-5-10(8-11)9-12-13/h4-6,8-9,13H,2-3,7H2,1H3. The lowest BCUT2D eigenvalue weighted by atomic mass is 10.2. The third-order valence-electron chi connectivity index (χ3n) is 1.83. The maximum atomic E-state index is 8.35. The molecule has 0 unspecified atom stereocenters. The Morgan fingerprint density at radius 2 is 2.36 bits per heavy atom. The van der Waals surface area contributed by atoms with Crippen LogP contribution in [0.1, 0.15) is 25.3 Å². The molecule has 76 valence electrons. The quantitative estimate of drug-likeness (QED) is 0.338. The maximum absolute atomic E-state index is 8.35. The van der Waals surface area contributed by atoms with Gasteiger partial charge in [-0.25, -0.2) is 0 Å². The van der Waals surface area contributed by atoms with Crippen molar-refractivity contribution in [3.63, 3.8) is 0 Å². The number of hydrogen-bond donors (Lipinski definition) is 1. The number of oxime groups is 1. The van der Waals surface area contributed by atoms with Gasteiger partial charge in [0.15, 0.2) is 0 Å². The molecule has 1 N–H and O–H groups in total. The van der Waals surface area contributed by atoms with Gasteiger partial charge in [0, 0.05) is 0 Å². The molecular formula is C11H15NO2. The van der Waals surface area contributed by atoms with Crippen LogP contribution in [0.25, 0.3) is 0 Å². The third kappa shape index (κ3) is 3.47. The van der Waals surface area contributed by atoms with Crippen molar-refractivity contribution < 1.29 is 9.94 Å². The zero-order valence-corrected chi connectivity index (χ0v) is 8.31. The Balaban J connectivity index is 2.54. The minimum absolute atomic E-state index is 0.732. The predicted octanol–water partition coefficient (Wildman–Crippen LogP) is 2.67. The maximum Gasteiger partial charge on any atom is 0.119 e. The van der Waals surface area contributed by atoms with Crippen LogP contribution >= 0.6 is 0 Å². The molecule has 0 saturated carbocycles. The lowest BCUT2D eigenvalue weighted by molar-refractivity contribution is 0.309. The fourth-order valence-electron chi connectivity index (χ4n) is 1.09. The van der Waals surface area contributed by atoms with Gasteiger partial charge in [0.05, 0.1) is 12.8 Å². The van der Waals surface area contributed by atoms with E-state index in [0.717, 1.165) is 30.8 Å². The van der Waals surface area contributed by atoms with Crippen LogP contribution in [0.2, 0.25) is 0 Å². The molecule has 0 saturated heterocycles. The summed E-state index contributed by atoms with van der Waals surface area (Å²) in [6.45, 7) is 2.86. The van der Waals surface area contributed by atoms with Crippen molar-refractivity contribution in [1.82, 2.24) is 0 Å². The highest BCUT2D eigenvalue weighted by Crippen LogP contribution is 2.12. The van der Waals surface area contributed by atoms with Crippen LogP contribution in [0.15, 0.2) is 29.4 Å². The van der Waals surface area contributed by atoms with Gasteiger partial charge in [-0.2, -0.15) is 0 Å². The van der Waals surface area contributed by atoms with Gasteiger partial charge in [-0.05, 0) is 24.1 Å². The van der Waals surface area contributed by atoms with E-state index in [4.69, 9.17) is 9.94 Å². The number of rotatable bonds is 5. The summed E-state index contributed by atoms with van der Waals surface area (Å²) >= 11 is 0. The summed E-state index contributed by atoms with van der Waals surface area (Å²) in [7, 11) is 0. The average molecular weight is 193 g/mol. The number of unbranched alkanes of at least 4 members (excludes halogenated alkanes) is 1. The Hall–Kier alpha value is -1.51. The van der Waals surface area contributed by atoms with Crippen LogP contribution < -0.4 is 4.74 Å². The summed E-state index contributed by atoms with van der Waals surface area (Å²) in [5.41, 5.74) is 0.835. The molecule has 0 spiro atoms.